The second-order valence-corrected chi connectivity index (χ2v) is 3.40. The molecule has 0 unspecified atom stereocenters. The van der Waals surface area contributed by atoms with Gasteiger partial charge in [0.1, 0.15) is 12.6 Å². The van der Waals surface area contributed by atoms with Crippen molar-refractivity contribution in [3.8, 4) is 0 Å². The third-order valence-electron chi connectivity index (χ3n) is 2.08. The van der Waals surface area contributed by atoms with Crippen LogP contribution < -0.4 is 16.8 Å². The summed E-state index contributed by atoms with van der Waals surface area (Å²) in [6.45, 7) is 0.0680. The third kappa shape index (κ3) is 4.52. The maximum atomic E-state index is 11.3. The van der Waals surface area contributed by atoms with Crippen LogP contribution in [-0.2, 0) is 16.1 Å². The predicted molar refractivity (Wildman–Crippen MR) is 61.8 cm³/mol. The lowest BCUT2D eigenvalue weighted by Gasteiger charge is -2.13. The molecular weight excluding hydrogens is 222 g/mol. The Balaban J connectivity index is 2.37. The molecule has 0 heterocycles. The summed E-state index contributed by atoms with van der Waals surface area (Å²) >= 11 is 0. The lowest BCUT2D eigenvalue weighted by molar-refractivity contribution is -0.119. The summed E-state index contributed by atoms with van der Waals surface area (Å²) in [5, 5.41) is 2.28. The van der Waals surface area contributed by atoms with Gasteiger partial charge in [0.2, 0.25) is 5.91 Å². The largest absolute Gasteiger partial charge is 0.445 e. The number of amides is 2. The number of ether oxygens (including phenoxy) is 1. The van der Waals surface area contributed by atoms with Crippen LogP contribution in [-0.4, -0.2) is 24.6 Å². The number of hydrogen-bond donors (Lipinski definition) is 3. The molecule has 0 bridgehead atoms. The topological polar surface area (TPSA) is 107 Å². The van der Waals surface area contributed by atoms with E-state index in [1.54, 1.807) is 0 Å². The van der Waals surface area contributed by atoms with E-state index < -0.39 is 18.0 Å². The number of rotatable bonds is 5. The van der Waals surface area contributed by atoms with E-state index in [0.717, 1.165) is 5.56 Å². The van der Waals surface area contributed by atoms with Crippen LogP contribution in [0.25, 0.3) is 0 Å². The zero-order valence-electron chi connectivity index (χ0n) is 9.26. The molecule has 0 aromatic heterocycles. The zero-order valence-corrected chi connectivity index (χ0v) is 9.26. The molecule has 92 valence electrons. The minimum Gasteiger partial charge on any atom is -0.445 e. The highest BCUT2D eigenvalue weighted by molar-refractivity contribution is 5.84. The molecule has 1 rings (SSSR count). The first-order valence-corrected chi connectivity index (χ1v) is 5.10. The van der Waals surface area contributed by atoms with Gasteiger partial charge in [0.15, 0.2) is 0 Å². The van der Waals surface area contributed by atoms with Gasteiger partial charge in [0.25, 0.3) is 0 Å². The minimum atomic E-state index is -0.904. The Hall–Kier alpha value is -2.08. The fourth-order valence-corrected chi connectivity index (χ4v) is 1.15. The van der Waals surface area contributed by atoms with E-state index in [1.807, 2.05) is 30.3 Å². The zero-order chi connectivity index (χ0) is 12.7. The first-order valence-electron chi connectivity index (χ1n) is 5.10. The Bertz CT molecular complexity index is 381. The molecule has 0 saturated carbocycles. The van der Waals surface area contributed by atoms with Gasteiger partial charge < -0.3 is 21.5 Å². The molecule has 6 heteroatoms. The normalized spacial score (nSPS) is 11.6. The molecule has 0 saturated heterocycles. The van der Waals surface area contributed by atoms with Crippen molar-refractivity contribution in [1.82, 2.24) is 5.32 Å². The molecule has 6 nitrogen and oxygen atoms in total. The molecule has 0 aliphatic heterocycles. The van der Waals surface area contributed by atoms with Crippen molar-refractivity contribution in [3.63, 3.8) is 0 Å². The standard InChI is InChI=1S/C11H15N3O3/c12-6-9(10(13)15)14-11(16)17-7-8-4-2-1-3-5-8/h1-5,9H,6-7,12H2,(H2,13,15)(H,14,16)/t9-/m0/s1. The summed E-state index contributed by atoms with van der Waals surface area (Å²) in [5.41, 5.74) is 11.1. The third-order valence-corrected chi connectivity index (χ3v) is 2.08. The van der Waals surface area contributed by atoms with Crippen LogP contribution >= 0.6 is 0 Å². The van der Waals surface area contributed by atoms with E-state index in [1.165, 1.54) is 0 Å². The van der Waals surface area contributed by atoms with Crippen molar-refractivity contribution in [2.75, 3.05) is 6.54 Å². The number of carbonyl (C=O) groups is 2. The summed E-state index contributed by atoms with van der Waals surface area (Å²) in [5.74, 6) is -0.691. The Labute approximate surface area is 98.9 Å². The van der Waals surface area contributed by atoms with E-state index in [9.17, 15) is 9.59 Å². The molecule has 1 atom stereocenters. The van der Waals surface area contributed by atoms with Gasteiger partial charge >= 0.3 is 6.09 Å². The van der Waals surface area contributed by atoms with Crippen LogP contribution in [0.4, 0.5) is 4.79 Å². The molecule has 1 aromatic carbocycles. The fraction of sp³-hybridized carbons (Fsp3) is 0.273. The van der Waals surface area contributed by atoms with Gasteiger partial charge in [-0.15, -0.1) is 0 Å². The van der Waals surface area contributed by atoms with Gasteiger partial charge in [-0.2, -0.15) is 0 Å². The lowest BCUT2D eigenvalue weighted by atomic mass is 10.2. The summed E-state index contributed by atoms with van der Waals surface area (Å²) in [4.78, 5) is 22.1. The Morgan fingerprint density at radius 1 is 1.29 bits per heavy atom. The van der Waals surface area contributed by atoms with Gasteiger partial charge in [0, 0.05) is 6.54 Å². The number of alkyl carbamates (subject to hydrolysis) is 1. The van der Waals surface area contributed by atoms with Gasteiger partial charge in [-0.3, -0.25) is 4.79 Å². The quantitative estimate of drug-likeness (QED) is 0.654. The molecule has 1 aromatic rings. The molecule has 0 aliphatic rings. The molecule has 2 amide bonds. The second-order valence-electron chi connectivity index (χ2n) is 3.40. The van der Waals surface area contributed by atoms with Crippen LogP contribution in [0.15, 0.2) is 30.3 Å². The highest BCUT2D eigenvalue weighted by Crippen LogP contribution is 2.00. The summed E-state index contributed by atoms with van der Waals surface area (Å²) < 4.78 is 4.90. The monoisotopic (exact) mass is 237 g/mol. The number of nitrogens with one attached hydrogen (secondary N) is 1. The number of carbonyl (C=O) groups excluding carboxylic acids is 2. The Kier molecular flexibility index (Phi) is 4.96. The number of nitrogens with two attached hydrogens (primary N) is 2. The van der Waals surface area contributed by atoms with Crippen LogP contribution in [0.2, 0.25) is 0 Å². The maximum absolute atomic E-state index is 11.3. The van der Waals surface area contributed by atoms with Gasteiger partial charge in [-0.1, -0.05) is 30.3 Å². The van der Waals surface area contributed by atoms with E-state index in [0.29, 0.717) is 0 Å². The average molecular weight is 237 g/mol. The van der Waals surface area contributed by atoms with E-state index >= 15 is 0 Å². The predicted octanol–water partition coefficient (Wildman–Crippen LogP) is -0.275. The van der Waals surface area contributed by atoms with Crippen LogP contribution in [0.5, 0.6) is 0 Å². The first-order chi connectivity index (χ1) is 8.13. The van der Waals surface area contributed by atoms with Crippen molar-refractivity contribution < 1.29 is 14.3 Å². The molecule has 17 heavy (non-hydrogen) atoms. The lowest BCUT2D eigenvalue weighted by Crippen LogP contribution is -2.49. The molecule has 0 spiro atoms. The maximum Gasteiger partial charge on any atom is 0.408 e. The van der Waals surface area contributed by atoms with Crippen molar-refractivity contribution >= 4 is 12.0 Å². The van der Waals surface area contributed by atoms with Crippen LogP contribution in [0.1, 0.15) is 5.56 Å². The highest BCUT2D eigenvalue weighted by atomic mass is 16.5. The first kappa shape index (κ1) is 13.0. The number of primary amides is 1. The summed E-state index contributed by atoms with van der Waals surface area (Å²) in [6, 6.07) is 8.27. The summed E-state index contributed by atoms with van der Waals surface area (Å²) in [6.07, 6.45) is -0.719. The molecule has 0 aliphatic carbocycles. The van der Waals surface area contributed by atoms with E-state index in [2.05, 4.69) is 5.32 Å². The molecule has 0 radical (unpaired) electrons. The smallest absolute Gasteiger partial charge is 0.408 e. The highest BCUT2D eigenvalue weighted by Gasteiger charge is 2.16. The Morgan fingerprint density at radius 3 is 2.47 bits per heavy atom. The van der Waals surface area contributed by atoms with Gasteiger partial charge in [0.05, 0.1) is 0 Å². The Morgan fingerprint density at radius 2 is 1.94 bits per heavy atom. The van der Waals surface area contributed by atoms with Crippen molar-refractivity contribution in [3.05, 3.63) is 35.9 Å². The minimum absolute atomic E-state index is 0.0598. The number of hydrogen-bond acceptors (Lipinski definition) is 4. The van der Waals surface area contributed by atoms with Crippen molar-refractivity contribution in [1.29, 1.82) is 0 Å². The van der Waals surface area contributed by atoms with E-state index in [-0.39, 0.29) is 13.2 Å². The van der Waals surface area contributed by atoms with Gasteiger partial charge in [-0.05, 0) is 5.56 Å². The van der Waals surface area contributed by atoms with Crippen LogP contribution in [0, 0.1) is 0 Å². The van der Waals surface area contributed by atoms with Gasteiger partial charge in [-0.25, -0.2) is 4.79 Å². The SMILES string of the molecule is NC[C@H](NC(=O)OCc1ccccc1)C(N)=O. The van der Waals surface area contributed by atoms with Crippen molar-refractivity contribution in [2.24, 2.45) is 11.5 Å². The number of benzene rings is 1. The summed E-state index contributed by atoms with van der Waals surface area (Å²) in [7, 11) is 0. The molecule has 5 N–H and O–H groups in total. The molecular formula is C11H15N3O3. The fourth-order valence-electron chi connectivity index (χ4n) is 1.15. The van der Waals surface area contributed by atoms with E-state index in [4.69, 9.17) is 16.2 Å². The second kappa shape index (κ2) is 6.49. The molecule has 0 fully saturated rings. The average Bonchev–Trinajstić information content (AvgIpc) is 2.34. The van der Waals surface area contributed by atoms with Crippen molar-refractivity contribution in [2.45, 2.75) is 12.6 Å². The van der Waals surface area contributed by atoms with Crippen LogP contribution in [0.3, 0.4) is 0 Å².